The highest BCUT2D eigenvalue weighted by Crippen LogP contribution is 2.08. The number of hydrogen-bond acceptors (Lipinski definition) is 4. The molecule has 0 aliphatic rings. The van der Waals surface area contributed by atoms with Crippen molar-refractivity contribution in [2.75, 3.05) is 13.7 Å². The number of pyridine rings is 1. The first kappa shape index (κ1) is 11.2. The van der Waals surface area contributed by atoms with Crippen LogP contribution in [0.5, 0.6) is 5.75 Å². The average Bonchev–Trinajstić information content (AvgIpc) is 2.27. The van der Waals surface area contributed by atoms with E-state index in [0.717, 1.165) is 0 Å². The first-order valence-electron chi connectivity index (χ1n) is 4.61. The molecule has 0 saturated carbocycles. The summed E-state index contributed by atoms with van der Waals surface area (Å²) in [4.78, 5) is 15.0. The van der Waals surface area contributed by atoms with Crippen molar-refractivity contribution in [2.45, 2.75) is 6.92 Å². The summed E-state index contributed by atoms with van der Waals surface area (Å²) in [5.41, 5.74) is 0.684. The Morgan fingerprint density at radius 1 is 1.53 bits per heavy atom. The molecule has 1 rings (SSSR count). The lowest BCUT2D eigenvalue weighted by Gasteiger charge is -1.98. The SMILES string of the molecule is CCOC(=O)C=Cc1ccc(OC)cn1. The van der Waals surface area contributed by atoms with Gasteiger partial charge in [-0.15, -0.1) is 0 Å². The van der Waals surface area contributed by atoms with Gasteiger partial charge in [0.25, 0.3) is 0 Å². The van der Waals surface area contributed by atoms with E-state index >= 15 is 0 Å². The monoisotopic (exact) mass is 207 g/mol. The van der Waals surface area contributed by atoms with Gasteiger partial charge in [0.05, 0.1) is 25.6 Å². The molecule has 0 N–H and O–H groups in total. The van der Waals surface area contributed by atoms with Crippen molar-refractivity contribution in [3.63, 3.8) is 0 Å². The van der Waals surface area contributed by atoms with E-state index in [-0.39, 0.29) is 5.97 Å². The largest absolute Gasteiger partial charge is 0.495 e. The van der Waals surface area contributed by atoms with Crippen molar-refractivity contribution in [2.24, 2.45) is 0 Å². The van der Waals surface area contributed by atoms with Crippen LogP contribution < -0.4 is 4.74 Å². The molecule has 0 bridgehead atoms. The van der Waals surface area contributed by atoms with Crippen LogP contribution in [0.1, 0.15) is 12.6 Å². The first-order chi connectivity index (χ1) is 7.26. The van der Waals surface area contributed by atoms with Gasteiger partial charge in [0.1, 0.15) is 5.75 Å². The summed E-state index contributed by atoms with van der Waals surface area (Å²) in [6.45, 7) is 2.14. The van der Waals surface area contributed by atoms with Crippen LogP contribution in [0.25, 0.3) is 6.08 Å². The van der Waals surface area contributed by atoms with Gasteiger partial charge in [-0.25, -0.2) is 4.79 Å². The third-order valence-corrected chi connectivity index (χ3v) is 1.67. The van der Waals surface area contributed by atoms with Crippen LogP contribution >= 0.6 is 0 Å². The van der Waals surface area contributed by atoms with E-state index in [1.165, 1.54) is 6.08 Å². The number of nitrogens with zero attached hydrogens (tertiary/aromatic N) is 1. The lowest BCUT2D eigenvalue weighted by Crippen LogP contribution is -1.98. The standard InChI is InChI=1S/C11H13NO3/c1-3-15-11(13)7-5-9-4-6-10(14-2)8-12-9/h4-8H,3H2,1-2H3. The van der Waals surface area contributed by atoms with E-state index in [9.17, 15) is 4.79 Å². The minimum Gasteiger partial charge on any atom is -0.495 e. The van der Waals surface area contributed by atoms with E-state index in [1.54, 1.807) is 38.4 Å². The summed E-state index contributed by atoms with van der Waals surface area (Å²) in [6, 6.07) is 3.53. The van der Waals surface area contributed by atoms with Crippen molar-refractivity contribution in [1.82, 2.24) is 4.98 Å². The summed E-state index contributed by atoms with van der Waals surface area (Å²) < 4.78 is 9.69. The molecule has 0 aliphatic carbocycles. The van der Waals surface area contributed by atoms with Crippen LogP contribution in [0.2, 0.25) is 0 Å². The zero-order valence-corrected chi connectivity index (χ0v) is 8.77. The Kier molecular flexibility index (Phi) is 4.34. The zero-order valence-electron chi connectivity index (χ0n) is 8.77. The molecule has 0 radical (unpaired) electrons. The molecule has 0 spiro atoms. The Hall–Kier alpha value is -1.84. The summed E-state index contributed by atoms with van der Waals surface area (Å²) in [5.74, 6) is 0.318. The minimum atomic E-state index is -0.366. The van der Waals surface area contributed by atoms with Gasteiger partial charge in [-0.3, -0.25) is 4.98 Å². The third kappa shape index (κ3) is 3.81. The molecule has 80 valence electrons. The molecule has 1 aromatic rings. The number of hydrogen-bond donors (Lipinski definition) is 0. The molecular formula is C11H13NO3. The number of carbonyl (C=O) groups excluding carboxylic acids is 1. The molecule has 4 nitrogen and oxygen atoms in total. The molecule has 0 fully saturated rings. The van der Waals surface area contributed by atoms with Crippen LogP contribution in [-0.4, -0.2) is 24.7 Å². The second kappa shape index (κ2) is 5.80. The molecule has 1 heterocycles. The fraction of sp³-hybridized carbons (Fsp3) is 0.273. The van der Waals surface area contributed by atoms with Gasteiger partial charge in [0.2, 0.25) is 0 Å². The molecule has 15 heavy (non-hydrogen) atoms. The summed E-state index contributed by atoms with van der Waals surface area (Å²) in [6.07, 6.45) is 4.53. The fourth-order valence-electron chi connectivity index (χ4n) is 0.955. The summed E-state index contributed by atoms with van der Waals surface area (Å²) in [7, 11) is 1.57. The summed E-state index contributed by atoms with van der Waals surface area (Å²) in [5, 5.41) is 0. The van der Waals surface area contributed by atoms with Gasteiger partial charge in [-0.2, -0.15) is 0 Å². The molecular weight excluding hydrogens is 194 g/mol. The Bertz CT molecular complexity index is 343. The zero-order chi connectivity index (χ0) is 11.1. The van der Waals surface area contributed by atoms with Crippen LogP contribution in [0.4, 0.5) is 0 Å². The Balaban J connectivity index is 2.60. The average molecular weight is 207 g/mol. The van der Waals surface area contributed by atoms with Crippen LogP contribution in [0.3, 0.4) is 0 Å². The number of carbonyl (C=O) groups is 1. The van der Waals surface area contributed by atoms with Crippen molar-refractivity contribution in [3.05, 3.63) is 30.1 Å². The normalized spacial score (nSPS) is 10.3. The van der Waals surface area contributed by atoms with Gasteiger partial charge in [0, 0.05) is 6.08 Å². The predicted molar refractivity (Wildman–Crippen MR) is 56.5 cm³/mol. The highest BCUT2D eigenvalue weighted by molar-refractivity contribution is 5.86. The van der Waals surface area contributed by atoms with Gasteiger partial charge < -0.3 is 9.47 Å². The number of aromatic nitrogens is 1. The topological polar surface area (TPSA) is 48.4 Å². The Morgan fingerprint density at radius 2 is 2.33 bits per heavy atom. The van der Waals surface area contributed by atoms with E-state index in [0.29, 0.717) is 18.1 Å². The molecule has 0 amide bonds. The molecule has 0 saturated heterocycles. The maximum atomic E-state index is 11.0. The Morgan fingerprint density at radius 3 is 2.87 bits per heavy atom. The third-order valence-electron chi connectivity index (χ3n) is 1.67. The summed E-state index contributed by atoms with van der Waals surface area (Å²) >= 11 is 0. The van der Waals surface area contributed by atoms with Crippen molar-refractivity contribution >= 4 is 12.0 Å². The lowest BCUT2D eigenvalue weighted by atomic mass is 10.3. The minimum absolute atomic E-state index is 0.366. The highest BCUT2D eigenvalue weighted by atomic mass is 16.5. The van der Waals surface area contributed by atoms with E-state index in [2.05, 4.69) is 4.98 Å². The molecule has 4 heteroatoms. The van der Waals surface area contributed by atoms with Gasteiger partial charge in [-0.1, -0.05) is 0 Å². The Labute approximate surface area is 88.5 Å². The van der Waals surface area contributed by atoms with Gasteiger partial charge in [0.15, 0.2) is 0 Å². The number of ether oxygens (including phenoxy) is 2. The predicted octanol–water partition coefficient (Wildman–Crippen LogP) is 1.67. The molecule has 0 aliphatic heterocycles. The maximum Gasteiger partial charge on any atom is 0.330 e. The number of methoxy groups -OCH3 is 1. The van der Waals surface area contributed by atoms with Gasteiger partial charge in [-0.05, 0) is 25.1 Å². The molecule has 0 aromatic carbocycles. The van der Waals surface area contributed by atoms with E-state index in [4.69, 9.17) is 9.47 Å². The quantitative estimate of drug-likeness (QED) is 0.556. The molecule has 0 atom stereocenters. The second-order valence-electron chi connectivity index (χ2n) is 2.71. The van der Waals surface area contributed by atoms with Crippen LogP contribution in [0, 0.1) is 0 Å². The first-order valence-corrected chi connectivity index (χ1v) is 4.61. The lowest BCUT2D eigenvalue weighted by molar-refractivity contribution is -0.137. The molecule has 1 aromatic heterocycles. The molecule has 0 unspecified atom stereocenters. The number of esters is 1. The maximum absolute atomic E-state index is 11.0. The van der Waals surface area contributed by atoms with Crippen LogP contribution in [0.15, 0.2) is 24.4 Å². The van der Waals surface area contributed by atoms with Gasteiger partial charge >= 0.3 is 5.97 Å². The number of rotatable bonds is 4. The fourth-order valence-corrected chi connectivity index (χ4v) is 0.955. The highest BCUT2D eigenvalue weighted by Gasteiger charge is 1.95. The van der Waals surface area contributed by atoms with Crippen molar-refractivity contribution in [1.29, 1.82) is 0 Å². The van der Waals surface area contributed by atoms with Crippen molar-refractivity contribution < 1.29 is 14.3 Å². The second-order valence-corrected chi connectivity index (χ2v) is 2.71. The van der Waals surface area contributed by atoms with Crippen LogP contribution in [-0.2, 0) is 9.53 Å². The van der Waals surface area contributed by atoms with E-state index < -0.39 is 0 Å². The van der Waals surface area contributed by atoms with E-state index in [1.807, 2.05) is 0 Å². The van der Waals surface area contributed by atoms with Crippen molar-refractivity contribution in [3.8, 4) is 5.75 Å². The smallest absolute Gasteiger partial charge is 0.330 e.